The minimum Gasteiger partial charge on any atom is -0.480 e. The number of aliphatic hydroxyl groups excluding tert-OH is 1. The van der Waals surface area contributed by atoms with Gasteiger partial charge in [0, 0.05) is 5.92 Å². The Balaban J connectivity index is 1.47. The Kier molecular flexibility index (Phi) is 6.12. The van der Waals surface area contributed by atoms with Crippen LogP contribution in [-0.2, 0) is 9.53 Å². The van der Waals surface area contributed by atoms with Gasteiger partial charge >= 0.3 is 12.1 Å². The fourth-order valence-corrected chi connectivity index (χ4v) is 4.05. The zero-order valence-electron chi connectivity index (χ0n) is 16.7. The van der Waals surface area contributed by atoms with E-state index in [1.807, 2.05) is 48.5 Å². The van der Waals surface area contributed by atoms with Crippen LogP contribution < -0.4 is 5.32 Å². The fraction of sp³-hybridized carbons (Fsp3) is 0.167. The number of hydrogen-bond acceptors (Lipinski definition) is 4. The number of amides is 1. The van der Waals surface area contributed by atoms with Gasteiger partial charge < -0.3 is 20.3 Å². The highest BCUT2D eigenvalue weighted by molar-refractivity contribution is 6.30. The zero-order valence-corrected chi connectivity index (χ0v) is 17.4. The number of fused-ring (bicyclic) bond motifs is 3. The van der Waals surface area contributed by atoms with Gasteiger partial charge in [-0.3, -0.25) is 0 Å². The van der Waals surface area contributed by atoms with Gasteiger partial charge in [0.2, 0.25) is 0 Å². The van der Waals surface area contributed by atoms with Gasteiger partial charge in [-0.05, 0) is 39.9 Å². The molecule has 164 valence electrons. The molecule has 1 aliphatic carbocycles. The summed E-state index contributed by atoms with van der Waals surface area (Å²) in [5.74, 6) is -2.51. The Hall–Kier alpha value is -3.42. The van der Waals surface area contributed by atoms with Gasteiger partial charge in [-0.2, -0.15) is 0 Å². The monoisotopic (exact) mass is 455 g/mol. The van der Waals surface area contributed by atoms with Crippen molar-refractivity contribution in [2.75, 3.05) is 6.61 Å². The molecule has 1 amide bonds. The SMILES string of the molecule is O=C(NC(C(=O)O)C(O)c1ccc(Cl)c(F)c1)OCC1c2ccccc2-c2ccccc21. The summed E-state index contributed by atoms with van der Waals surface area (Å²) in [5, 5.41) is 21.8. The van der Waals surface area contributed by atoms with Crippen LogP contribution in [0.4, 0.5) is 9.18 Å². The Morgan fingerprint density at radius 2 is 1.62 bits per heavy atom. The van der Waals surface area contributed by atoms with Crippen LogP contribution in [-0.4, -0.2) is 34.9 Å². The van der Waals surface area contributed by atoms with Gasteiger partial charge in [0.05, 0.1) is 5.02 Å². The predicted octanol–water partition coefficient (Wildman–Crippen LogP) is 4.50. The van der Waals surface area contributed by atoms with Crippen molar-refractivity contribution in [3.05, 3.63) is 94.3 Å². The van der Waals surface area contributed by atoms with Crippen LogP contribution in [0.5, 0.6) is 0 Å². The molecule has 3 N–H and O–H groups in total. The average molecular weight is 456 g/mol. The number of hydrogen-bond donors (Lipinski definition) is 3. The van der Waals surface area contributed by atoms with Crippen molar-refractivity contribution in [2.45, 2.75) is 18.1 Å². The highest BCUT2D eigenvalue weighted by Gasteiger charge is 2.32. The van der Waals surface area contributed by atoms with Crippen molar-refractivity contribution in [2.24, 2.45) is 0 Å². The molecule has 0 saturated carbocycles. The molecule has 4 rings (SSSR count). The third kappa shape index (κ3) is 4.17. The number of carboxylic acids is 1. The molecule has 0 heterocycles. The molecular formula is C24H19ClFNO5. The van der Waals surface area contributed by atoms with E-state index in [2.05, 4.69) is 5.32 Å². The van der Waals surface area contributed by atoms with Crippen LogP contribution in [0.15, 0.2) is 66.7 Å². The van der Waals surface area contributed by atoms with Gasteiger partial charge in [0.15, 0.2) is 6.04 Å². The first kappa shape index (κ1) is 21.8. The Morgan fingerprint density at radius 3 is 2.19 bits per heavy atom. The molecule has 3 aromatic rings. The van der Waals surface area contributed by atoms with E-state index in [0.717, 1.165) is 28.3 Å². The predicted molar refractivity (Wildman–Crippen MR) is 116 cm³/mol. The highest BCUT2D eigenvalue weighted by atomic mass is 35.5. The van der Waals surface area contributed by atoms with Crippen molar-refractivity contribution in [1.82, 2.24) is 5.32 Å². The molecule has 0 radical (unpaired) electrons. The number of carboxylic acid groups (broad SMARTS) is 1. The van der Waals surface area contributed by atoms with Gasteiger partial charge in [-0.15, -0.1) is 0 Å². The van der Waals surface area contributed by atoms with Gasteiger partial charge in [-0.25, -0.2) is 14.0 Å². The lowest BCUT2D eigenvalue weighted by molar-refractivity contribution is -0.142. The summed E-state index contributed by atoms with van der Waals surface area (Å²) in [6.07, 6.45) is -2.72. The number of aliphatic carboxylic acids is 1. The third-order valence-electron chi connectivity index (χ3n) is 5.48. The first-order chi connectivity index (χ1) is 15.4. The summed E-state index contributed by atoms with van der Waals surface area (Å²) in [6, 6.07) is 17.2. The number of carbonyl (C=O) groups is 2. The van der Waals surface area contributed by atoms with Crippen LogP contribution in [0.2, 0.25) is 5.02 Å². The first-order valence-electron chi connectivity index (χ1n) is 9.84. The maximum atomic E-state index is 13.7. The van der Waals surface area contributed by atoms with Crippen molar-refractivity contribution in [3.8, 4) is 11.1 Å². The molecular weight excluding hydrogens is 437 g/mol. The molecule has 0 aromatic heterocycles. The van der Waals surface area contributed by atoms with Crippen LogP contribution in [0, 0.1) is 5.82 Å². The molecule has 6 nitrogen and oxygen atoms in total. The first-order valence-corrected chi connectivity index (χ1v) is 10.2. The summed E-state index contributed by atoms with van der Waals surface area (Å²) in [6.45, 7) is -0.0160. The van der Waals surface area contributed by atoms with E-state index in [-0.39, 0.29) is 23.1 Å². The molecule has 0 aliphatic heterocycles. The van der Waals surface area contributed by atoms with Crippen molar-refractivity contribution in [1.29, 1.82) is 0 Å². The third-order valence-corrected chi connectivity index (χ3v) is 5.79. The summed E-state index contributed by atoms with van der Waals surface area (Å²) >= 11 is 5.62. The average Bonchev–Trinajstić information content (AvgIpc) is 3.11. The number of halogens is 2. The minimum absolute atomic E-state index is 0.0160. The smallest absolute Gasteiger partial charge is 0.407 e. The van der Waals surface area contributed by atoms with Gasteiger partial charge in [0.1, 0.15) is 18.5 Å². The quantitative estimate of drug-likeness (QED) is 0.508. The molecule has 2 unspecified atom stereocenters. The van der Waals surface area contributed by atoms with E-state index in [9.17, 15) is 24.2 Å². The van der Waals surface area contributed by atoms with Gasteiger partial charge in [-0.1, -0.05) is 66.2 Å². The molecule has 0 saturated heterocycles. The normalized spacial score (nSPS) is 14.2. The maximum Gasteiger partial charge on any atom is 0.407 e. The van der Waals surface area contributed by atoms with Crippen molar-refractivity contribution < 1.29 is 28.9 Å². The molecule has 32 heavy (non-hydrogen) atoms. The molecule has 0 bridgehead atoms. The lowest BCUT2D eigenvalue weighted by atomic mass is 9.98. The molecule has 3 aromatic carbocycles. The molecule has 2 atom stereocenters. The zero-order chi connectivity index (χ0) is 22.8. The van der Waals surface area contributed by atoms with Crippen LogP contribution in [0.25, 0.3) is 11.1 Å². The highest BCUT2D eigenvalue weighted by Crippen LogP contribution is 2.44. The minimum atomic E-state index is -1.74. The van der Waals surface area contributed by atoms with E-state index < -0.39 is 30.0 Å². The van der Waals surface area contributed by atoms with E-state index in [0.29, 0.717) is 0 Å². The van der Waals surface area contributed by atoms with Crippen molar-refractivity contribution >= 4 is 23.7 Å². The molecule has 0 spiro atoms. The lowest BCUT2D eigenvalue weighted by Gasteiger charge is -2.21. The number of benzene rings is 3. The van der Waals surface area contributed by atoms with Crippen molar-refractivity contribution in [3.63, 3.8) is 0 Å². The Morgan fingerprint density at radius 1 is 1.03 bits per heavy atom. The second kappa shape index (κ2) is 8.98. The second-order valence-electron chi connectivity index (χ2n) is 7.40. The topological polar surface area (TPSA) is 95.9 Å². The fourth-order valence-electron chi connectivity index (χ4n) is 3.93. The molecule has 1 aliphatic rings. The second-order valence-corrected chi connectivity index (χ2v) is 7.81. The summed E-state index contributed by atoms with van der Waals surface area (Å²) in [4.78, 5) is 24.0. The number of carbonyl (C=O) groups excluding carboxylic acids is 1. The number of alkyl carbamates (subject to hydrolysis) is 1. The summed E-state index contributed by atoms with van der Waals surface area (Å²) < 4.78 is 19.0. The van der Waals surface area contributed by atoms with E-state index in [4.69, 9.17) is 16.3 Å². The van der Waals surface area contributed by atoms with Crippen LogP contribution in [0.1, 0.15) is 28.7 Å². The summed E-state index contributed by atoms with van der Waals surface area (Å²) in [7, 11) is 0. The number of ether oxygens (including phenoxy) is 1. The molecule has 0 fully saturated rings. The van der Waals surface area contributed by atoms with E-state index in [1.54, 1.807) is 0 Å². The van der Waals surface area contributed by atoms with Crippen LogP contribution in [0.3, 0.4) is 0 Å². The Labute approximate surface area is 188 Å². The number of aliphatic hydroxyl groups is 1. The Bertz CT molecular complexity index is 1140. The van der Waals surface area contributed by atoms with Gasteiger partial charge in [0.25, 0.3) is 0 Å². The van der Waals surface area contributed by atoms with E-state index >= 15 is 0 Å². The standard InChI is InChI=1S/C24H19ClFNO5/c25-19-10-9-13(11-20(19)26)22(28)21(23(29)30)27-24(31)32-12-18-16-7-3-1-5-14(16)15-6-2-4-8-17(15)18/h1-11,18,21-22,28H,12H2,(H,27,31)(H,29,30). The maximum absolute atomic E-state index is 13.7. The van der Waals surface area contributed by atoms with Crippen LogP contribution >= 0.6 is 11.6 Å². The lowest BCUT2D eigenvalue weighted by Crippen LogP contribution is -2.45. The molecule has 8 heteroatoms. The number of rotatable bonds is 6. The largest absolute Gasteiger partial charge is 0.480 e. The number of nitrogens with one attached hydrogen (secondary N) is 1. The van der Waals surface area contributed by atoms with E-state index in [1.165, 1.54) is 12.1 Å². The summed E-state index contributed by atoms with van der Waals surface area (Å²) in [5.41, 5.74) is 4.08.